The molecule has 0 radical (unpaired) electrons. The van der Waals surface area contributed by atoms with E-state index in [-0.39, 0.29) is 5.91 Å². The molecule has 0 atom stereocenters. The van der Waals surface area contributed by atoms with E-state index in [1.807, 2.05) is 18.2 Å². The molecule has 0 spiro atoms. The van der Waals surface area contributed by atoms with Gasteiger partial charge in [-0.15, -0.1) is 0 Å². The second-order valence-corrected chi connectivity index (χ2v) is 4.84. The number of rotatable bonds is 5. The topological polar surface area (TPSA) is 48.5 Å². The van der Waals surface area contributed by atoms with E-state index in [2.05, 4.69) is 15.2 Å². The molecule has 1 aliphatic heterocycles. The van der Waals surface area contributed by atoms with Crippen LogP contribution in [0.2, 0.25) is 0 Å². The van der Waals surface area contributed by atoms with Crippen molar-refractivity contribution < 1.29 is 4.79 Å². The molecule has 0 aromatic carbocycles. The molecule has 1 N–H and O–H groups in total. The van der Waals surface area contributed by atoms with Crippen LogP contribution in [0.5, 0.6) is 0 Å². The molecule has 2 heterocycles. The molecule has 0 unspecified atom stereocenters. The molecule has 0 aliphatic carbocycles. The van der Waals surface area contributed by atoms with Crippen molar-refractivity contribution in [1.82, 2.24) is 15.2 Å². The highest BCUT2D eigenvalue weighted by molar-refractivity contribution is 5.91. The summed E-state index contributed by atoms with van der Waals surface area (Å²) in [6, 6.07) is 5.60. The summed E-state index contributed by atoms with van der Waals surface area (Å²) in [5, 5.41) is 3.33. The van der Waals surface area contributed by atoms with Gasteiger partial charge in [-0.05, 0) is 25.1 Å². The van der Waals surface area contributed by atoms with Gasteiger partial charge in [-0.25, -0.2) is 4.98 Å². The Bertz CT molecular complexity index is 390. The summed E-state index contributed by atoms with van der Waals surface area (Å²) >= 11 is 0. The van der Waals surface area contributed by atoms with Crippen LogP contribution in [0, 0.1) is 0 Å². The summed E-state index contributed by atoms with van der Waals surface area (Å²) in [5.41, 5.74) is 0. The summed E-state index contributed by atoms with van der Waals surface area (Å²) in [7, 11) is 1.79. The maximum Gasteiger partial charge on any atom is 0.227 e. The van der Waals surface area contributed by atoms with Gasteiger partial charge in [0, 0.05) is 45.8 Å². The maximum absolute atomic E-state index is 12.0. The number of nitrogens with one attached hydrogen (secondary N) is 1. The summed E-state index contributed by atoms with van der Waals surface area (Å²) in [4.78, 5) is 20.3. The van der Waals surface area contributed by atoms with Crippen LogP contribution < -0.4 is 10.2 Å². The zero-order valence-corrected chi connectivity index (χ0v) is 11.5. The Morgan fingerprint density at radius 3 is 2.89 bits per heavy atom. The molecule has 1 amide bonds. The fourth-order valence-corrected chi connectivity index (χ4v) is 2.24. The summed E-state index contributed by atoms with van der Waals surface area (Å²) in [5.74, 6) is 0.850. The van der Waals surface area contributed by atoms with Crippen molar-refractivity contribution >= 4 is 11.7 Å². The molecule has 1 aliphatic rings. The minimum atomic E-state index is 0.133. The smallest absolute Gasteiger partial charge is 0.227 e. The van der Waals surface area contributed by atoms with E-state index in [0.717, 1.165) is 45.0 Å². The third kappa shape index (κ3) is 4.29. The minimum absolute atomic E-state index is 0.133. The predicted molar refractivity (Wildman–Crippen MR) is 76.2 cm³/mol. The summed E-state index contributed by atoms with van der Waals surface area (Å²) < 4.78 is 0. The van der Waals surface area contributed by atoms with Gasteiger partial charge < -0.3 is 10.2 Å². The zero-order valence-electron chi connectivity index (χ0n) is 11.5. The van der Waals surface area contributed by atoms with Crippen LogP contribution in [-0.4, -0.2) is 55.6 Å². The van der Waals surface area contributed by atoms with Gasteiger partial charge in [-0.2, -0.15) is 0 Å². The van der Waals surface area contributed by atoms with Crippen LogP contribution in [0.4, 0.5) is 5.82 Å². The predicted octanol–water partition coefficient (Wildman–Crippen LogP) is 0.730. The quantitative estimate of drug-likeness (QED) is 0.850. The number of carbonyl (C=O) groups is 1. The number of piperazine rings is 1. The van der Waals surface area contributed by atoms with Gasteiger partial charge in [0.15, 0.2) is 0 Å². The molecule has 0 bridgehead atoms. The van der Waals surface area contributed by atoms with Gasteiger partial charge in [0.25, 0.3) is 0 Å². The molecule has 104 valence electrons. The first-order chi connectivity index (χ1) is 9.27. The molecule has 1 aromatic rings. The van der Waals surface area contributed by atoms with Gasteiger partial charge in [0.05, 0.1) is 0 Å². The number of aromatic nitrogens is 1. The molecule has 19 heavy (non-hydrogen) atoms. The third-order valence-corrected chi connectivity index (χ3v) is 3.44. The van der Waals surface area contributed by atoms with E-state index < -0.39 is 0 Å². The first kappa shape index (κ1) is 14.0. The van der Waals surface area contributed by atoms with Crippen LogP contribution in [-0.2, 0) is 4.79 Å². The van der Waals surface area contributed by atoms with E-state index in [4.69, 9.17) is 0 Å². The number of nitrogens with zero attached hydrogens (tertiary/aromatic N) is 3. The number of carbonyl (C=O) groups excluding carboxylic acids is 1. The van der Waals surface area contributed by atoms with E-state index in [1.165, 1.54) is 0 Å². The van der Waals surface area contributed by atoms with Gasteiger partial charge in [-0.3, -0.25) is 9.69 Å². The lowest BCUT2D eigenvalue weighted by Crippen LogP contribution is -2.43. The number of hydrogen-bond acceptors (Lipinski definition) is 4. The molecule has 5 heteroatoms. The van der Waals surface area contributed by atoms with E-state index in [0.29, 0.717) is 6.42 Å². The van der Waals surface area contributed by atoms with Crippen molar-refractivity contribution in [3.63, 3.8) is 0 Å². The van der Waals surface area contributed by atoms with Crippen LogP contribution in [0.15, 0.2) is 24.4 Å². The monoisotopic (exact) mass is 262 g/mol. The average Bonchev–Trinajstić information content (AvgIpc) is 2.48. The second-order valence-electron chi connectivity index (χ2n) is 4.84. The van der Waals surface area contributed by atoms with E-state index in [1.54, 1.807) is 18.1 Å². The van der Waals surface area contributed by atoms with Crippen molar-refractivity contribution in [3.05, 3.63) is 24.4 Å². The van der Waals surface area contributed by atoms with Gasteiger partial charge in [-0.1, -0.05) is 6.07 Å². The summed E-state index contributed by atoms with van der Waals surface area (Å²) in [6.07, 6.45) is 3.20. The van der Waals surface area contributed by atoms with Crippen molar-refractivity contribution in [1.29, 1.82) is 0 Å². The number of amides is 1. The van der Waals surface area contributed by atoms with E-state index in [9.17, 15) is 4.79 Å². The number of pyridine rings is 1. The van der Waals surface area contributed by atoms with Crippen LogP contribution >= 0.6 is 0 Å². The SMILES string of the molecule is CN(C(=O)CCCN1CCNCC1)c1ccccn1. The van der Waals surface area contributed by atoms with Gasteiger partial charge in [0.1, 0.15) is 5.82 Å². The van der Waals surface area contributed by atoms with E-state index >= 15 is 0 Å². The Balaban J connectivity index is 1.72. The molecule has 2 rings (SSSR count). The van der Waals surface area contributed by atoms with Gasteiger partial charge in [0.2, 0.25) is 5.91 Å². The Morgan fingerprint density at radius 1 is 1.42 bits per heavy atom. The Hall–Kier alpha value is -1.46. The maximum atomic E-state index is 12.0. The fraction of sp³-hybridized carbons (Fsp3) is 0.571. The minimum Gasteiger partial charge on any atom is -0.314 e. The first-order valence-electron chi connectivity index (χ1n) is 6.88. The first-order valence-corrected chi connectivity index (χ1v) is 6.88. The van der Waals surface area contributed by atoms with Crippen molar-refractivity contribution in [2.75, 3.05) is 44.7 Å². The zero-order chi connectivity index (χ0) is 13.5. The molecular weight excluding hydrogens is 240 g/mol. The highest BCUT2D eigenvalue weighted by atomic mass is 16.2. The fourth-order valence-electron chi connectivity index (χ4n) is 2.24. The third-order valence-electron chi connectivity index (χ3n) is 3.44. The van der Waals surface area contributed by atoms with Crippen molar-refractivity contribution in [3.8, 4) is 0 Å². The highest BCUT2D eigenvalue weighted by Gasteiger charge is 2.13. The van der Waals surface area contributed by atoms with Crippen LogP contribution in [0.1, 0.15) is 12.8 Å². The van der Waals surface area contributed by atoms with Crippen LogP contribution in [0.3, 0.4) is 0 Å². The molecule has 1 saturated heterocycles. The summed E-state index contributed by atoms with van der Waals surface area (Å²) in [6.45, 7) is 5.29. The Kier molecular flexibility index (Phi) is 5.30. The Morgan fingerprint density at radius 2 is 2.21 bits per heavy atom. The molecule has 1 aromatic heterocycles. The Labute approximate surface area is 114 Å². The standard InChI is InChI=1S/C14H22N4O/c1-17(13-5-2-3-7-16-13)14(19)6-4-10-18-11-8-15-9-12-18/h2-3,5,7,15H,4,6,8-12H2,1H3. The lowest BCUT2D eigenvalue weighted by Gasteiger charge is -2.27. The average molecular weight is 262 g/mol. The lowest BCUT2D eigenvalue weighted by atomic mass is 10.2. The normalized spacial score (nSPS) is 16.3. The van der Waals surface area contributed by atoms with Crippen LogP contribution in [0.25, 0.3) is 0 Å². The highest BCUT2D eigenvalue weighted by Crippen LogP contribution is 2.09. The molecule has 1 fully saturated rings. The lowest BCUT2D eigenvalue weighted by molar-refractivity contribution is -0.118. The molecule has 0 saturated carbocycles. The second kappa shape index (κ2) is 7.21. The largest absolute Gasteiger partial charge is 0.314 e. The van der Waals surface area contributed by atoms with Gasteiger partial charge >= 0.3 is 0 Å². The molecular formula is C14H22N4O. The van der Waals surface area contributed by atoms with Crippen molar-refractivity contribution in [2.45, 2.75) is 12.8 Å². The number of anilines is 1. The number of hydrogen-bond donors (Lipinski definition) is 1. The molecule has 5 nitrogen and oxygen atoms in total. The van der Waals surface area contributed by atoms with Crippen molar-refractivity contribution in [2.24, 2.45) is 0 Å².